The highest BCUT2D eigenvalue weighted by atomic mass is 16.6. The quantitative estimate of drug-likeness (QED) is 0.543. The molecule has 1 heterocycles. The molecule has 0 radical (unpaired) electrons. The number of carbonyl (C=O) groups excluding carboxylic acids is 2. The SMILES string of the molecule is C=C(C)C(=O)OCC1CCCO1.C=C(C)C(=O)[O-]. The molecule has 18 heavy (non-hydrogen) atoms. The molecule has 102 valence electrons. The second-order valence-electron chi connectivity index (χ2n) is 4.08. The first-order valence-electron chi connectivity index (χ1n) is 5.65. The van der Waals surface area contributed by atoms with E-state index in [4.69, 9.17) is 9.47 Å². The second-order valence-corrected chi connectivity index (χ2v) is 4.08. The number of ether oxygens (including phenoxy) is 2. The van der Waals surface area contributed by atoms with Crippen LogP contribution in [0.15, 0.2) is 24.3 Å². The molecule has 5 heteroatoms. The van der Waals surface area contributed by atoms with Crippen molar-refractivity contribution in [3.63, 3.8) is 0 Å². The van der Waals surface area contributed by atoms with Gasteiger partial charge in [-0.1, -0.05) is 13.2 Å². The molecule has 1 unspecified atom stereocenters. The number of hydrogen-bond donors (Lipinski definition) is 0. The van der Waals surface area contributed by atoms with E-state index in [1.165, 1.54) is 6.92 Å². The third-order valence-electron chi connectivity index (χ3n) is 2.12. The summed E-state index contributed by atoms with van der Waals surface area (Å²) in [6.45, 7) is 10.8. The van der Waals surface area contributed by atoms with E-state index in [9.17, 15) is 14.7 Å². The molecular weight excluding hydrogens is 236 g/mol. The van der Waals surface area contributed by atoms with Gasteiger partial charge in [0.15, 0.2) is 0 Å². The maximum absolute atomic E-state index is 10.9. The molecule has 5 nitrogen and oxygen atoms in total. The summed E-state index contributed by atoms with van der Waals surface area (Å²) in [6, 6.07) is 0. The van der Waals surface area contributed by atoms with Crippen LogP contribution in [0.5, 0.6) is 0 Å². The standard InChI is InChI=1S/C9H14O3.C4H6O2/c1-7(2)9(10)12-6-8-4-3-5-11-8;1-3(2)4(5)6/h8H,1,3-6H2,2H3;1H2,2H3,(H,5,6)/p-1. The molecule has 1 atom stereocenters. The lowest BCUT2D eigenvalue weighted by molar-refractivity contribution is -0.299. The molecule has 1 saturated heterocycles. The molecule has 0 amide bonds. The molecule has 0 saturated carbocycles. The summed E-state index contributed by atoms with van der Waals surface area (Å²) in [7, 11) is 0. The lowest BCUT2D eigenvalue weighted by Crippen LogP contribution is -2.22. The van der Waals surface area contributed by atoms with Crippen molar-refractivity contribution in [1.82, 2.24) is 0 Å². The normalized spacial score (nSPS) is 17.3. The number of rotatable bonds is 4. The lowest BCUT2D eigenvalue weighted by Gasteiger charge is -2.09. The van der Waals surface area contributed by atoms with Crippen LogP contribution >= 0.6 is 0 Å². The van der Waals surface area contributed by atoms with Gasteiger partial charge in [-0.3, -0.25) is 0 Å². The number of carboxylic acid groups (broad SMARTS) is 1. The summed E-state index contributed by atoms with van der Waals surface area (Å²) < 4.78 is 10.2. The fraction of sp³-hybridized carbons (Fsp3) is 0.538. The Kier molecular flexibility index (Phi) is 7.71. The van der Waals surface area contributed by atoms with Crippen LogP contribution in [0.4, 0.5) is 0 Å². The van der Waals surface area contributed by atoms with Gasteiger partial charge in [-0.2, -0.15) is 0 Å². The number of carbonyl (C=O) groups is 2. The van der Waals surface area contributed by atoms with E-state index in [0.29, 0.717) is 12.2 Å². The Bertz CT molecular complexity index is 314. The zero-order chi connectivity index (χ0) is 14.1. The van der Waals surface area contributed by atoms with Crippen LogP contribution in [0.3, 0.4) is 0 Å². The summed E-state index contributed by atoms with van der Waals surface area (Å²) >= 11 is 0. The lowest BCUT2D eigenvalue weighted by atomic mass is 10.2. The van der Waals surface area contributed by atoms with Crippen LogP contribution in [0, 0.1) is 0 Å². The molecule has 0 spiro atoms. The van der Waals surface area contributed by atoms with Crippen molar-refractivity contribution in [3.05, 3.63) is 24.3 Å². The van der Waals surface area contributed by atoms with E-state index in [1.807, 2.05) is 0 Å². The van der Waals surface area contributed by atoms with E-state index in [1.54, 1.807) is 6.92 Å². The number of esters is 1. The third-order valence-corrected chi connectivity index (χ3v) is 2.12. The van der Waals surface area contributed by atoms with Crippen molar-refractivity contribution in [2.75, 3.05) is 13.2 Å². The van der Waals surface area contributed by atoms with Gasteiger partial charge in [0.1, 0.15) is 6.61 Å². The van der Waals surface area contributed by atoms with Crippen LogP contribution in [-0.4, -0.2) is 31.3 Å². The summed E-state index contributed by atoms with van der Waals surface area (Å²) in [5, 5.41) is 9.49. The molecule has 0 aromatic carbocycles. The highest BCUT2D eigenvalue weighted by molar-refractivity contribution is 5.86. The van der Waals surface area contributed by atoms with Gasteiger partial charge >= 0.3 is 5.97 Å². The molecular formula is C13H19O5-. The fourth-order valence-corrected chi connectivity index (χ4v) is 1.07. The fourth-order valence-electron chi connectivity index (χ4n) is 1.07. The van der Waals surface area contributed by atoms with E-state index in [0.717, 1.165) is 19.4 Å². The Morgan fingerprint density at radius 2 is 1.89 bits per heavy atom. The van der Waals surface area contributed by atoms with E-state index >= 15 is 0 Å². The second kappa shape index (κ2) is 8.47. The Morgan fingerprint density at radius 3 is 2.22 bits per heavy atom. The average molecular weight is 255 g/mol. The van der Waals surface area contributed by atoms with Gasteiger partial charge in [-0.15, -0.1) is 0 Å². The van der Waals surface area contributed by atoms with Gasteiger partial charge < -0.3 is 19.4 Å². The van der Waals surface area contributed by atoms with Gasteiger partial charge in [0.25, 0.3) is 0 Å². The van der Waals surface area contributed by atoms with Gasteiger partial charge in [-0.05, 0) is 32.3 Å². The van der Waals surface area contributed by atoms with Crippen LogP contribution in [0.1, 0.15) is 26.7 Å². The minimum Gasteiger partial charge on any atom is -0.545 e. The highest BCUT2D eigenvalue weighted by Gasteiger charge is 2.17. The minimum atomic E-state index is -1.19. The molecule has 0 aliphatic carbocycles. The van der Waals surface area contributed by atoms with Crippen LogP contribution in [-0.2, 0) is 19.1 Å². The van der Waals surface area contributed by atoms with Crippen molar-refractivity contribution in [2.24, 2.45) is 0 Å². The first kappa shape index (κ1) is 16.4. The van der Waals surface area contributed by atoms with E-state index in [2.05, 4.69) is 13.2 Å². The Morgan fingerprint density at radius 1 is 1.33 bits per heavy atom. The minimum absolute atomic E-state index is 0.0648. The predicted molar refractivity (Wildman–Crippen MR) is 64.6 cm³/mol. The largest absolute Gasteiger partial charge is 0.545 e. The van der Waals surface area contributed by atoms with Crippen LogP contribution in [0.2, 0.25) is 0 Å². The Labute approximate surface area is 107 Å². The summed E-state index contributed by atoms with van der Waals surface area (Å²) in [6.07, 6.45) is 2.16. The van der Waals surface area contributed by atoms with E-state index in [-0.39, 0.29) is 17.6 Å². The first-order chi connectivity index (χ1) is 8.34. The molecule has 0 aromatic heterocycles. The number of carboxylic acids is 1. The monoisotopic (exact) mass is 255 g/mol. The van der Waals surface area contributed by atoms with Gasteiger partial charge in [-0.25, -0.2) is 4.79 Å². The van der Waals surface area contributed by atoms with Crippen LogP contribution < -0.4 is 5.11 Å². The van der Waals surface area contributed by atoms with Crippen molar-refractivity contribution in [3.8, 4) is 0 Å². The zero-order valence-corrected chi connectivity index (χ0v) is 10.9. The molecule has 0 aromatic rings. The molecule has 1 aliphatic rings. The molecule has 0 N–H and O–H groups in total. The van der Waals surface area contributed by atoms with Crippen LogP contribution in [0.25, 0.3) is 0 Å². The van der Waals surface area contributed by atoms with Gasteiger partial charge in [0, 0.05) is 12.2 Å². The predicted octanol–water partition coefficient (Wildman–Crippen LogP) is 0.597. The number of hydrogen-bond acceptors (Lipinski definition) is 5. The zero-order valence-electron chi connectivity index (χ0n) is 10.9. The highest BCUT2D eigenvalue weighted by Crippen LogP contribution is 2.12. The molecule has 1 aliphatic heterocycles. The summed E-state index contributed by atoms with van der Waals surface area (Å²) in [4.78, 5) is 20.4. The molecule has 1 fully saturated rings. The molecule has 0 bridgehead atoms. The summed E-state index contributed by atoms with van der Waals surface area (Å²) in [5.74, 6) is -1.51. The third kappa shape index (κ3) is 7.62. The van der Waals surface area contributed by atoms with Crippen molar-refractivity contribution < 1.29 is 24.2 Å². The van der Waals surface area contributed by atoms with E-state index < -0.39 is 5.97 Å². The Balaban J connectivity index is 0.000000411. The first-order valence-corrected chi connectivity index (χ1v) is 5.65. The average Bonchev–Trinajstić information content (AvgIpc) is 2.79. The van der Waals surface area contributed by atoms with Gasteiger partial charge in [0.2, 0.25) is 0 Å². The van der Waals surface area contributed by atoms with Crippen molar-refractivity contribution >= 4 is 11.9 Å². The maximum Gasteiger partial charge on any atom is 0.333 e. The number of aliphatic carboxylic acids is 1. The van der Waals surface area contributed by atoms with Gasteiger partial charge in [0.05, 0.1) is 12.1 Å². The topological polar surface area (TPSA) is 75.7 Å². The van der Waals surface area contributed by atoms with Crippen molar-refractivity contribution in [1.29, 1.82) is 0 Å². The smallest absolute Gasteiger partial charge is 0.333 e. The summed E-state index contributed by atoms with van der Waals surface area (Å²) in [5.41, 5.74) is 0.503. The van der Waals surface area contributed by atoms with Crippen molar-refractivity contribution in [2.45, 2.75) is 32.8 Å². The Hall–Kier alpha value is -1.62. The molecule has 1 rings (SSSR count). The maximum atomic E-state index is 10.9.